The lowest BCUT2D eigenvalue weighted by Crippen LogP contribution is -1.94. The summed E-state index contributed by atoms with van der Waals surface area (Å²) in [5.41, 5.74) is 2.03. The summed E-state index contributed by atoms with van der Waals surface area (Å²) >= 11 is 0. The Bertz CT molecular complexity index is 552. The number of nitrogens with zero attached hydrogens (tertiary/aromatic N) is 1. The van der Waals surface area contributed by atoms with Crippen molar-refractivity contribution in [3.05, 3.63) is 75.6 Å². The molecule has 0 aliphatic carbocycles. The minimum Gasteiger partial charge on any atom is -0.258 e. The number of benzene rings is 2. The predicted molar refractivity (Wildman–Crippen MR) is 66.9 cm³/mol. The molecule has 2 rings (SSSR count). The van der Waals surface area contributed by atoms with Crippen LogP contribution in [0.1, 0.15) is 11.1 Å². The molecule has 0 atom stereocenters. The molecule has 0 aliphatic heterocycles. The van der Waals surface area contributed by atoms with Crippen molar-refractivity contribution in [2.45, 2.75) is 12.8 Å². The van der Waals surface area contributed by atoms with Gasteiger partial charge in [-0.15, -0.1) is 0 Å². The Labute approximate surface area is 104 Å². The van der Waals surface area contributed by atoms with Crippen LogP contribution in [0.15, 0.2) is 48.5 Å². The van der Waals surface area contributed by atoms with Gasteiger partial charge in [0.05, 0.1) is 4.92 Å². The first-order valence-corrected chi connectivity index (χ1v) is 5.63. The Balaban J connectivity index is 2.04. The second kappa shape index (κ2) is 5.40. The van der Waals surface area contributed by atoms with Crippen molar-refractivity contribution in [2.24, 2.45) is 0 Å². The molecule has 0 N–H and O–H groups in total. The van der Waals surface area contributed by atoms with E-state index in [1.54, 1.807) is 24.3 Å². The van der Waals surface area contributed by atoms with Crippen molar-refractivity contribution in [1.82, 2.24) is 0 Å². The number of non-ortho nitro benzene ring substituents is 1. The van der Waals surface area contributed by atoms with Gasteiger partial charge in [-0.05, 0) is 36.1 Å². The van der Waals surface area contributed by atoms with Crippen LogP contribution < -0.4 is 0 Å². The molecule has 0 unspecified atom stereocenters. The topological polar surface area (TPSA) is 43.1 Å². The Hall–Kier alpha value is -2.23. The number of hydrogen-bond donors (Lipinski definition) is 0. The van der Waals surface area contributed by atoms with E-state index in [2.05, 4.69) is 0 Å². The molecule has 18 heavy (non-hydrogen) atoms. The maximum absolute atomic E-state index is 12.7. The molecule has 0 radical (unpaired) electrons. The van der Waals surface area contributed by atoms with Crippen molar-refractivity contribution < 1.29 is 9.31 Å². The van der Waals surface area contributed by atoms with E-state index in [0.29, 0.717) is 6.42 Å². The number of nitro groups is 1. The van der Waals surface area contributed by atoms with Gasteiger partial charge < -0.3 is 0 Å². The zero-order chi connectivity index (χ0) is 13.0. The minimum absolute atomic E-state index is 0.103. The third-order valence-corrected chi connectivity index (χ3v) is 2.74. The molecule has 0 aromatic heterocycles. The van der Waals surface area contributed by atoms with E-state index in [1.807, 2.05) is 6.07 Å². The third-order valence-electron chi connectivity index (χ3n) is 2.74. The lowest BCUT2D eigenvalue weighted by atomic mass is 10.0. The van der Waals surface area contributed by atoms with Gasteiger partial charge >= 0.3 is 0 Å². The number of hydrogen-bond acceptors (Lipinski definition) is 2. The van der Waals surface area contributed by atoms with Gasteiger partial charge in [-0.3, -0.25) is 10.1 Å². The first kappa shape index (κ1) is 12.2. The van der Waals surface area contributed by atoms with Gasteiger partial charge in [-0.2, -0.15) is 0 Å². The number of nitro benzene ring substituents is 1. The van der Waals surface area contributed by atoms with Gasteiger partial charge in [-0.25, -0.2) is 4.39 Å². The molecule has 0 saturated carbocycles. The van der Waals surface area contributed by atoms with E-state index >= 15 is 0 Å². The molecule has 0 saturated heterocycles. The smallest absolute Gasteiger partial charge is 0.258 e. The quantitative estimate of drug-likeness (QED) is 0.611. The second-order valence-electron chi connectivity index (χ2n) is 4.05. The van der Waals surface area contributed by atoms with Crippen LogP contribution in [0, 0.1) is 15.9 Å². The molecular formula is C14H12FNO2. The lowest BCUT2D eigenvalue weighted by Gasteiger charge is -2.02. The highest BCUT2D eigenvalue weighted by Gasteiger charge is 2.05. The molecule has 0 spiro atoms. The number of rotatable bonds is 4. The van der Waals surface area contributed by atoms with Crippen LogP contribution in [-0.2, 0) is 12.8 Å². The summed E-state index contributed by atoms with van der Waals surface area (Å²) in [6, 6.07) is 12.9. The molecule has 0 aliphatic rings. The van der Waals surface area contributed by atoms with Gasteiger partial charge in [-0.1, -0.05) is 24.3 Å². The van der Waals surface area contributed by atoms with Gasteiger partial charge in [0.25, 0.3) is 5.69 Å². The zero-order valence-corrected chi connectivity index (χ0v) is 9.67. The highest BCUT2D eigenvalue weighted by Crippen LogP contribution is 2.15. The van der Waals surface area contributed by atoms with Crippen LogP contribution in [0.4, 0.5) is 10.1 Å². The third kappa shape index (κ3) is 3.13. The van der Waals surface area contributed by atoms with Crippen molar-refractivity contribution in [3.63, 3.8) is 0 Å². The van der Waals surface area contributed by atoms with E-state index in [9.17, 15) is 14.5 Å². The fourth-order valence-corrected chi connectivity index (χ4v) is 1.77. The Morgan fingerprint density at radius 3 is 2.33 bits per heavy atom. The first-order chi connectivity index (χ1) is 8.65. The fraction of sp³-hybridized carbons (Fsp3) is 0.143. The minimum atomic E-state index is -0.401. The maximum Gasteiger partial charge on any atom is 0.269 e. The zero-order valence-electron chi connectivity index (χ0n) is 9.67. The monoisotopic (exact) mass is 245 g/mol. The first-order valence-electron chi connectivity index (χ1n) is 5.63. The molecular weight excluding hydrogens is 233 g/mol. The SMILES string of the molecule is O=[N+]([O-])c1cccc(CCc2ccc(F)cc2)c1. The van der Waals surface area contributed by atoms with Gasteiger partial charge in [0, 0.05) is 12.1 Å². The Kier molecular flexibility index (Phi) is 3.67. The largest absolute Gasteiger partial charge is 0.269 e. The van der Waals surface area contributed by atoms with Crippen LogP contribution in [0.3, 0.4) is 0 Å². The summed E-state index contributed by atoms with van der Waals surface area (Å²) in [6.45, 7) is 0. The fourth-order valence-electron chi connectivity index (χ4n) is 1.77. The summed E-state index contributed by atoms with van der Waals surface area (Å²) < 4.78 is 12.7. The van der Waals surface area contributed by atoms with E-state index in [1.165, 1.54) is 18.2 Å². The molecule has 0 heterocycles. The van der Waals surface area contributed by atoms with Crippen molar-refractivity contribution in [1.29, 1.82) is 0 Å². The maximum atomic E-state index is 12.7. The molecule has 2 aromatic carbocycles. The average Bonchev–Trinajstić information content (AvgIpc) is 2.38. The highest BCUT2D eigenvalue weighted by molar-refractivity contribution is 5.34. The van der Waals surface area contributed by atoms with E-state index < -0.39 is 4.92 Å². The van der Waals surface area contributed by atoms with Gasteiger partial charge in [0.1, 0.15) is 5.82 Å². The van der Waals surface area contributed by atoms with Crippen molar-refractivity contribution in [3.8, 4) is 0 Å². The summed E-state index contributed by atoms with van der Waals surface area (Å²) in [5, 5.41) is 10.6. The molecule has 0 fully saturated rings. The molecule has 0 amide bonds. The van der Waals surface area contributed by atoms with Crippen LogP contribution in [0.2, 0.25) is 0 Å². The van der Waals surface area contributed by atoms with Crippen LogP contribution >= 0.6 is 0 Å². The Morgan fingerprint density at radius 2 is 1.67 bits per heavy atom. The number of aryl methyl sites for hydroxylation is 2. The van der Waals surface area contributed by atoms with Crippen LogP contribution in [0.25, 0.3) is 0 Å². The summed E-state index contributed by atoms with van der Waals surface area (Å²) in [5.74, 6) is -0.255. The van der Waals surface area contributed by atoms with E-state index in [0.717, 1.165) is 17.5 Å². The highest BCUT2D eigenvalue weighted by atomic mass is 19.1. The van der Waals surface area contributed by atoms with Crippen molar-refractivity contribution >= 4 is 5.69 Å². The van der Waals surface area contributed by atoms with E-state index in [4.69, 9.17) is 0 Å². The van der Waals surface area contributed by atoms with Gasteiger partial charge in [0.2, 0.25) is 0 Å². The van der Waals surface area contributed by atoms with Gasteiger partial charge in [0.15, 0.2) is 0 Å². The van der Waals surface area contributed by atoms with E-state index in [-0.39, 0.29) is 11.5 Å². The molecule has 4 heteroatoms. The van der Waals surface area contributed by atoms with Crippen LogP contribution in [-0.4, -0.2) is 4.92 Å². The Morgan fingerprint density at radius 1 is 1.00 bits per heavy atom. The lowest BCUT2D eigenvalue weighted by molar-refractivity contribution is -0.384. The second-order valence-corrected chi connectivity index (χ2v) is 4.05. The average molecular weight is 245 g/mol. The van der Waals surface area contributed by atoms with Crippen LogP contribution in [0.5, 0.6) is 0 Å². The number of halogens is 1. The summed E-state index contributed by atoms with van der Waals surface area (Å²) in [4.78, 5) is 10.2. The summed E-state index contributed by atoms with van der Waals surface area (Å²) in [7, 11) is 0. The van der Waals surface area contributed by atoms with Crippen molar-refractivity contribution in [2.75, 3.05) is 0 Å². The molecule has 0 bridgehead atoms. The molecule has 3 nitrogen and oxygen atoms in total. The summed E-state index contributed by atoms with van der Waals surface area (Å²) in [6.07, 6.45) is 1.44. The molecule has 2 aromatic rings. The predicted octanol–water partition coefficient (Wildman–Crippen LogP) is 3.52. The normalized spacial score (nSPS) is 10.3. The standard InChI is InChI=1S/C14H12FNO2/c15-13-8-6-11(7-9-13)4-5-12-2-1-3-14(10-12)16(17)18/h1-3,6-10H,4-5H2. The molecule has 92 valence electrons.